The minimum atomic E-state index is -0.563. The summed E-state index contributed by atoms with van der Waals surface area (Å²) in [5, 5.41) is 22.9. The average molecular weight is 313 g/mol. The number of hydrogen-bond donors (Lipinski definition) is 2. The Morgan fingerprint density at radius 1 is 1.43 bits per heavy atom. The number of nitrogens with one attached hydrogen (secondary N) is 1. The lowest BCUT2D eigenvalue weighted by atomic mass is 9.87. The van der Waals surface area contributed by atoms with Gasteiger partial charge in [0.05, 0.1) is 22.1 Å². The van der Waals surface area contributed by atoms with Gasteiger partial charge < -0.3 is 10.4 Å². The number of non-ortho nitro benzene ring substituents is 1. The lowest BCUT2D eigenvalue weighted by Gasteiger charge is -2.26. The van der Waals surface area contributed by atoms with Gasteiger partial charge in [-0.25, -0.2) is 0 Å². The standard InChI is InChI=1S/C14H17ClN2O4/c15-12-7-10(17(20)21)3-4-11(12)13(19)16-8-14(9-18)5-1-2-6-14/h3-4,7,18H,1-2,5-6,8-9H2,(H,16,19). The van der Waals surface area contributed by atoms with Crippen molar-refractivity contribution in [3.63, 3.8) is 0 Å². The molecule has 1 fully saturated rings. The van der Waals surface area contributed by atoms with Gasteiger partial charge >= 0.3 is 0 Å². The van der Waals surface area contributed by atoms with E-state index in [1.807, 2.05) is 0 Å². The third-order valence-electron chi connectivity index (χ3n) is 4.03. The summed E-state index contributed by atoms with van der Waals surface area (Å²) in [5.74, 6) is -0.380. The van der Waals surface area contributed by atoms with Crippen LogP contribution in [0.3, 0.4) is 0 Å². The summed E-state index contributed by atoms with van der Waals surface area (Å²) in [5.41, 5.74) is -0.198. The highest BCUT2D eigenvalue weighted by molar-refractivity contribution is 6.34. The van der Waals surface area contributed by atoms with Gasteiger partial charge in [0.2, 0.25) is 0 Å². The first-order valence-corrected chi connectivity index (χ1v) is 7.18. The molecule has 0 saturated heterocycles. The van der Waals surface area contributed by atoms with E-state index < -0.39 is 4.92 Å². The van der Waals surface area contributed by atoms with Crippen LogP contribution in [0.2, 0.25) is 5.02 Å². The smallest absolute Gasteiger partial charge is 0.270 e. The first-order valence-electron chi connectivity index (χ1n) is 6.80. The molecule has 1 aliphatic carbocycles. The van der Waals surface area contributed by atoms with Gasteiger partial charge in [-0.1, -0.05) is 24.4 Å². The van der Waals surface area contributed by atoms with Crippen LogP contribution in [0.1, 0.15) is 36.0 Å². The molecule has 1 aromatic rings. The Morgan fingerprint density at radius 3 is 2.62 bits per heavy atom. The molecular formula is C14H17ClN2O4. The number of nitro benzene ring substituents is 1. The SMILES string of the molecule is O=C(NCC1(CO)CCCC1)c1ccc([N+](=O)[O-])cc1Cl. The van der Waals surface area contributed by atoms with Crippen LogP contribution in [-0.2, 0) is 0 Å². The number of amides is 1. The molecule has 6 nitrogen and oxygen atoms in total. The molecule has 1 aromatic carbocycles. The summed E-state index contributed by atoms with van der Waals surface area (Å²) in [4.78, 5) is 22.2. The van der Waals surface area contributed by atoms with Gasteiger partial charge in [-0.3, -0.25) is 14.9 Å². The number of benzene rings is 1. The molecule has 0 heterocycles. The highest BCUT2D eigenvalue weighted by Crippen LogP contribution is 2.37. The van der Waals surface area contributed by atoms with Crippen LogP contribution in [-0.4, -0.2) is 29.1 Å². The molecule has 2 rings (SSSR count). The predicted molar refractivity (Wildman–Crippen MR) is 78.4 cm³/mol. The molecule has 1 amide bonds. The molecule has 7 heteroatoms. The van der Waals surface area contributed by atoms with Crippen LogP contribution >= 0.6 is 11.6 Å². The molecule has 0 unspecified atom stereocenters. The van der Waals surface area contributed by atoms with E-state index in [2.05, 4.69) is 5.32 Å². The Morgan fingerprint density at radius 2 is 2.10 bits per heavy atom. The number of aliphatic hydroxyl groups is 1. The van der Waals surface area contributed by atoms with E-state index in [1.165, 1.54) is 12.1 Å². The van der Waals surface area contributed by atoms with Crippen molar-refractivity contribution in [3.8, 4) is 0 Å². The molecule has 0 spiro atoms. The first-order chi connectivity index (χ1) is 9.97. The number of aliphatic hydroxyl groups excluding tert-OH is 1. The maximum atomic E-state index is 12.1. The number of nitro groups is 1. The average Bonchev–Trinajstić information content (AvgIpc) is 2.94. The summed E-state index contributed by atoms with van der Waals surface area (Å²) >= 11 is 5.92. The van der Waals surface area contributed by atoms with E-state index in [1.54, 1.807) is 0 Å². The molecule has 0 bridgehead atoms. The number of halogens is 1. The molecule has 114 valence electrons. The topological polar surface area (TPSA) is 92.5 Å². The molecule has 21 heavy (non-hydrogen) atoms. The normalized spacial score (nSPS) is 16.7. The second kappa shape index (κ2) is 6.41. The first kappa shape index (κ1) is 15.7. The van der Waals surface area contributed by atoms with Gasteiger partial charge in [0, 0.05) is 24.1 Å². The summed E-state index contributed by atoms with van der Waals surface area (Å²) in [7, 11) is 0. The zero-order chi connectivity index (χ0) is 15.5. The summed E-state index contributed by atoms with van der Waals surface area (Å²) < 4.78 is 0. The van der Waals surface area contributed by atoms with Crippen LogP contribution in [0.5, 0.6) is 0 Å². The third kappa shape index (κ3) is 3.51. The van der Waals surface area contributed by atoms with Crippen molar-refractivity contribution in [3.05, 3.63) is 38.9 Å². The van der Waals surface area contributed by atoms with E-state index in [9.17, 15) is 20.0 Å². The molecule has 0 radical (unpaired) electrons. The largest absolute Gasteiger partial charge is 0.396 e. The van der Waals surface area contributed by atoms with Gasteiger partial charge in [0.15, 0.2) is 0 Å². The lowest BCUT2D eigenvalue weighted by Crippen LogP contribution is -2.38. The maximum absolute atomic E-state index is 12.1. The summed E-state index contributed by atoms with van der Waals surface area (Å²) in [6.07, 6.45) is 3.87. The second-order valence-corrected chi connectivity index (χ2v) is 5.88. The Hall–Kier alpha value is -1.66. The molecule has 1 aliphatic rings. The highest BCUT2D eigenvalue weighted by Gasteiger charge is 2.33. The highest BCUT2D eigenvalue weighted by atomic mass is 35.5. The van der Waals surface area contributed by atoms with Crippen molar-refractivity contribution in [1.29, 1.82) is 0 Å². The van der Waals surface area contributed by atoms with Crippen LogP contribution in [0, 0.1) is 15.5 Å². The Labute approximate surface area is 127 Å². The quantitative estimate of drug-likeness (QED) is 0.645. The minimum absolute atomic E-state index is 0.0429. The fourth-order valence-electron chi connectivity index (χ4n) is 2.68. The molecule has 0 atom stereocenters. The van der Waals surface area contributed by atoms with Crippen LogP contribution in [0.4, 0.5) is 5.69 Å². The van der Waals surface area contributed by atoms with Crippen LogP contribution in [0.15, 0.2) is 18.2 Å². The van der Waals surface area contributed by atoms with Crippen molar-refractivity contribution >= 4 is 23.2 Å². The third-order valence-corrected chi connectivity index (χ3v) is 4.34. The Balaban J connectivity index is 2.05. The number of nitrogens with zero attached hydrogens (tertiary/aromatic N) is 1. The lowest BCUT2D eigenvalue weighted by molar-refractivity contribution is -0.384. The van der Waals surface area contributed by atoms with Crippen molar-refractivity contribution < 1.29 is 14.8 Å². The van der Waals surface area contributed by atoms with Crippen molar-refractivity contribution in [2.45, 2.75) is 25.7 Å². The monoisotopic (exact) mass is 312 g/mol. The van der Waals surface area contributed by atoms with Crippen molar-refractivity contribution in [1.82, 2.24) is 5.32 Å². The van der Waals surface area contributed by atoms with Crippen molar-refractivity contribution in [2.75, 3.05) is 13.2 Å². The maximum Gasteiger partial charge on any atom is 0.270 e. The molecule has 2 N–H and O–H groups in total. The Kier molecular flexibility index (Phi) is 4.80. The van der Waals surface area contributed by atoms with Gasteiger partial charge in [0.25, 0.3) is 11.6 Å². The summed E-state index contributed by atoms with van der Waals surface area (Å²) in [6.45, 7) is 0.428. The van der Waals surface area contributed by atoms with Gasteiger partial charge in [-0.15, -0.1) is 0 Å². The predicted octanol–water partition coefficient (Wildman–Crippen LogP) is 2.53. The zero-order valence-electron chi connectivity index (χ0n) is 11.5. The van der Waals surface area contributed by atoms with Crippen LogP contribution < -0.4 is 5.32 Å². The van der Waals surface area contributed by atoms with Gasteiger partial charge in [0.1, 0.15) is 0 Å². The van der Waals surface area contributed by atoms with Gasteiger partial charge in [-0.05, 0) is 18.9 Å². The summed E-state index contributed by atoms with van der Waals surface area (Å²) in [6, 6.07) is 3.75. The van der Waals surface area contributed by atoms with E-state index in [-0.39, 0.29) is 34.2 Å². The van der Waals surface area contributed by atoms with Gasteiger partial charge in [-0.2, -0.15) is 0 Å². The fraction of sp³-hybridized carbons (Fsp3) is 0.500. The number of carbonyl (C=O) groups excluding carboxylic acids is 1. The van der Waals surface area contributed by atoms with E-state index >= 15 is 0 Å². The zero-order valence-corrected chi connectivity index (χ0v) is 12.2. The van der Waals surface area contributed by atoms with E-state index in [0.717, 1.165) is 31.7 Å². The molecule has 0 aromatic heterocycles. The fourth-order valence-corrected chi connectivity index (χ4v) is 2.94. The van der Waals surface area contributed by atoms with E-state index in [0.29, 0.717) is 6.54 Å². The number of rotatable bonds is 5. The number of carbonyl (C=O) groups is 1. The second-order valence-electron chi connectivity index (χ2n) is 5.47. The molecular weight excluding hydrogens is 296 g/mol. The van der Waals surface area contributed by atoms with E-state index in [4.69, 9.17) is 11.6 Å². The minimum Gasteiger partial charge on any atom is -0.396 e. The molecule has 1 saturated carbocycles. The number of hydrogen-bond acceptors (Lipinski definition) is 4. The van der Waals surface area contributed by atoms with Crippen LogP contribution in [0.25, 0.3) is 0 Å². The van der Waals surface area contributed by atoms with Crippen molar-refractivity contribution in [2.24, 2.45) is 5.41 Å². The molecule has 0 aliphatic heterocycles. The Bertz CT molecular complexity index is 556.